The number of anilines is 2. The molecule has 2 amide bonds. The van der Waals surface area contributed by atoms with Gasteiger partial charge in [-0.15, -0.1) is 0 Å². The Bertz CT molecular complexity index is 3550. The van der Waals surface area contributed by atoms with E-state index in [-0.39, 0.29) is 38.9 Å². The lowest BCUT2D eigenvalue weighted by Crippen LogP contribution is -2.49. The number of rotatable bonds is 21. The first-order chi connectivity index (χ1) is 65.8. The smallest absolute Gasteiger partial charge is 0.410 e. The molecule has 2 saturated heterocycles. The predicted octanol–water partition coefficient (Wildman–Crippen LogP) is 17.4. The molecule has 2 aliphatic rings. The summed E-state index contributed by atoms with van der Waals surface area (Å²) in [6.45, 7) is 21.3. The molecule has 0 radical (unpaired) electrons. The molecule has 0 unspecified atom stereocenters. The lowest BCUT2D eigenvalue weighted by molar-refractivity contribution is -0.172. The molecule has 4 atom stereocenters. The van der Waals surface area contributed by atoms with Crippen LogP contribution in [0.25, 0.3) is 21.5 Å². The summed E-state index contributed by atoms with van der Waals surface area (Å²) in [4.78, 5) is 81.9. The van der Waals surface area contributed by atoms with Crippen molar-refractivity contribution < 1.29 is 146 Å². The molecule has 6 aromatic rings. The van der Waals surface area contributed by atoms with Crippen molar-refractivity contribution in [2.45, 2.75) is 155 Å². The average molecular weight is 1380 g/mol. The monoisotopic (exact) mass is 1380 g/mol. The van der Waals surface area contributed by atoms with Crippen LogP contribution in [0.5, 0.6) is 0 Å². The second-order valence-electron chi connectivity index (χ2n) is 26.2. The maximum Gasteiger partial charge on any atom is 0.410 e. The molecule has 0 aromatic heterocycles. The molecule has 2 N–H and O–H groups in total. The fourth-order valence-electron chi connectivity index (χ4n) is 10.3. The molecule has 0 saturated carbocycles. The largest absolute Gasteiger partial charge is 0.480 e. The molecule has 2 fully saturated rings. The zero-order chi connectivity index (χ0) is 112. The minimum atomic E-state index is -1.84. The van der Waals surface area contributed by atoms with Gasteiger partial charge < -0.3 is 53.2 Å². The Hall–Kier alpha value is -8.40. The number of carbonyl (C=O) groups excluding carboxylic acids is 5. The van der Waals surface area contributed by atoms with Crippen LogP contribution in [0.2, 0.25) is 0 Å². The molecule has 2 heterocycles. The number of ether oxygens (including phenoxy) is 7. The quantitative estimate of drug-likeness (QED) is 0.0505. The van der Waals surface area contributed by atoms with Gasteiger partial charge in [0.1, 0.15) is 47.8 Å². The Labute approximate surface area is 612 Å². The van der Waals surface area contributed by atoms with E-state index in [1.54, 1.807) is 41.5 Å². The Morgan fingerprint density at radius 2 is 0.882 bits per heavy atom. The second-order valence-corrected chi connectivity index (χ2v) is 26.2. The van der Waals surface area contributed by atoms with Crippen LogP contribution in [0.3, 0.4) is 0 Å². The number of fused-ring (bicyclic) bond motifs is 2. The topological polar surface area (TPSA) is 220 Å². The molecule has 93 heavy (non-hydrogen) atoms. The predicted molar refractivity (Wildman–Crippen MR) is 399 cm³/mol. The number of aliphatic hydroxyl groups is 1. The lowest BCUT2D eigenvalue weighted by atomic mass is 9.97. The maximum absolute atomic E-state index is 15.0. The highest BCUT2D eigenvalue weighted by Crippen LogP contribution is 2.34. The average Bonchev–Trinajstić information content (AvgIpc) is 0.788. The number of carboxylic acids is 1. The van der Waals surface area contributed by atoms with E-state index in [1.165, 1.54) is 41.8 Å². The summed E-state index contributed by atoms with van der Waals surface area (Å²) in [5, 5.41) is 23.5. The van der Waals surface area contributed by atoms with Gasteiger partial charge in [-0.1, -0.05) is 121 Å². The van der Waals surface area contributed by atoms with Crippen LogP contribution in [0.15, 0.2) is 133 Å². The molecule has 0 aliphatic carbocycles. The summed E-state index contributed by atoms with van der Waals surface area (Å²) in [5.41, 5.74) is 0.487. The number of carbonyl (C=O) groups is 6. The van der Waals surface area contributed by atoms with Crippen molar-refractivity contribution in [1.82, 2.24) is 9.80 Å². The molecule has 6 aromatic carbocycles. The van der Waals surface area contributed by atoms with Gasteiger partial charge in [-0.05, 0) is 114 Å². The zero-order valence-electron chi connectivity index (χ0n) is 99.7. The number of aliphatic hydroxyl groups excluding tert-OH is 1. The molecule has 8 rings (SSSR count). The first-order valence-electron chi connectivity index (χ1n) is 53.3. The van der Waals surface area contributed by atoms with Gasteiger partial charge in [-0.2, -0.15) is 0 Å². The van der Waals surface area contributed by atoms with Crippen molar-refractivity contribution in [2.75, 3.05) is 76.5 Å². The Morgan fingerprint density at radius 3 is 1.28 bits per heavy atom. The van der Waals surface area contributed by atoms with E-state index < -0.39 is 82.9 Å². The van der Waals surface area contributed by atoms with Crippen LogP contribution >= 0.6 is 0 Å². The second kappa shape index (κ2) is 33.4. The molecule has 548 valence electrons. The molecule has 0 bridgehead atoms. The Kier molecular flexibility index (Phi) is 17.1. The van der Waals surface area contributed by atoms with E-state index in [2.05, 4.69) is 21.9 Å². The van der Waals surface area contributed by atoms with E-state index in [0.717, 1.165) is 104 Å². The molecule has 21 heteroatoms. The molecular weight excluding hydrogens is 1200 g/mol. The van der Waals surface area contributed by atoms with E-state index in [1.807, 2.05) is 121 Å². The number of amides is 2. The summed E-state index contributed by atoms with van der Waals surface area (Å²) < 4.78 is 287. The van der Waals surface area contributed by atoms with Crippen LogP contribution in [-0.2, 0) is 78.4 Å². The zero-order valence-corrected chi connectivity index (χ0v) is 55.7. The summed E-state index contributed by atoms with van der Waals surface area (Å²) >= 11 is 0. The van der Waals surface area contributed by atoms with Gasteiger partial charge in [0.2, 0.25) is 6.10 Å². The number of halogens is 2. The van der Waals surface area contributed by atoms with Gasteiger partial charge in [-0.3, -0.25) is 9.80 Å². The van der Waals surface area contributed by atoms with Crippen LogP contribution < -0.4 is 9.80 Å². The minimum Gasteiger partial charge on any atom is -0.480 e. The van der Waals surface area contributed by atoms with Crippen LogP contribution in [0.4, 0.5) is 29.7 Å². The minimum absolute atomic E-state index is 0.00512. The van der Waals surface area contributed by atoms with Gasteiger partial charge in [0.25, 0.3) is 0 Å². The fourth-order valence-corrected chi connectivity index (χ4v) is 10.3. The van der Waals surface area contributed by atoms with Gasteiger partial charge in [0.15, 0.2) is 6.10 Å². The van der Waals surface area contributed by atoms with Crippen molar-refractivity contribution in [3.8, 4) is 0 Å². The third-order valence-corrected chi connectivity index (χ3v) is 15.0. The number of alkyl halides is 2. The normalized spacial score (nSPS) is 16.8. The highest BCUT2D eigenvalue weighted by molar-refractivity contribution is 5.98. The molecule has 19 nitrogen and oxygen atoms in total. The van der Waals surface area contributed by atoms with E-state index in [4.69, 9.17) is 104 Å². The molecular formula is C72H136F2N4O15. The summed E-state index contributed by atoms with van der Waals surface area (Å²) in [6, 6.07) is 40.0. The van der Waals surface area contributed by atoms with Crippen molar-refractivity contribution in [2.24, 2.45) is 0 Å². The number of nitrogens with zero attached hydrogens (tertiary/aromatic N) is 4. The first kappa shape index (κ1) is 47.5. The highest BCUT2D eigenvalue weighted by atomic mass is 19.1. The number of carboxylic acid groups (broad SMARTS) is 1. The third kappa shape index (κ3) is 23.6. The highest BCUT2D eigenvalue weighted by Gasteiger charge is 2.40. The van der Waals surface area contributed by atoms with Gasteiger partial charge in [-0.25, -0.2) is 37.5 Å². The van der Waals surface area contributed by atoms with Crippen LogP contribution in [0.1, 0.15) is 170 Å². The van der Waals surface area contributed by atoms with Crippen LogP contribution in [0, 0.1) is 0 Å². The standard InChI is InChI=1S/C36H45FN2O7.C24H25NO4.C12H22FNO4.22H2/c1-35(2,3)46-34(42)38(6)30(23-36(4,5)37)32(40)45-31(33(41)44-24-25-12-8-7-9-13-25)22-26-16-17-29(39-18-20-43-21-19-39)28-15-11-10-14-27(26)28;26-23(24(27)29-17-18-6-2-1-3-7-18)16-19-10-11-22(25-12-14-28-15-13-25)21-9-5-4-8-20(19)21;1-11(2,3)18-10(17)14(6)8(9(15)16)7-12(4,5)13;;;;;;;;;;;;;;;;;;;;;;/h7-17,30-31H,18-24H2,1-6H3;1-11,23,26H,12-17H2;8H,7H2,1-6H3,(H,15,16);22*1H/t30-,31+;23-;8-;;;;;;;;;;;;;;;;;;;;;;/m010....................../s1/i;;;22*1+1D. The number of hydrogen-bond acceptors (Lipinski definition) is 16. The van der Waals surface area contributed by atoms with E-state index in [0.29, 0.717) is 13.2 Å². The lowest BCUT2D eigenvalue weighted by Gasteiger charge is -2.32. The Morgan fingerprint density at radius 1 is 0.516 bits per heavy atom. The molecule has 2 aliphatic heterocycles. The van der Waals surface area contributed by atoms with E-state index in [9.17, 15) is 42.7 Å². The number of aliphatic carboxylic acids is 1. The number of benzene rings is 6. The van der Waals surface area contributed by atoms with Gasteiger partial charge in [0, 0.05) is 153 Å². The fraction of sp³-hybridized carbons (Fsp3) is 0.472. The first-order valence-corrected chi connectivity index (χ1v) is 31.3. The third-order valence-electron chi connectivity index (χ3n) is 15.0. The summed E-state index contributed by atoms with van der Waals surface area (Å²) in [5.74, 6) is -3.55. The van der Waals surface area contributed by atoms with Crippen LogP contribution in [-0.4, -0.2) is 170 Å². The number of hydrogen-bond donors (Lipinski definition) is 2. The summed E-state index contributed by atoms with van der Waals surface area (Å²) in [6.07, 6.45) is -4.60. The molecule has 0 spiro atoms. The van der Waals surface area contributed by atoms with E-state index >= 15 is 0 Å². The van der Waals surface area contributed by atoms with Gasteiger partial charge in [0.05, 0.1) is 26.4 Å². The summed E-state index contributed by atoms with van der Waals surface area (Å²) in [7, 11) is 2.64. The SMILES string of the molecule is CN(C(=O)OC(C)(C)C)[C@@H](CC(C)(C)F)C(=O)O.CN(C(=O)OC(C)(C)C)[C@@H](CC(C)(C)F)C(=O)O[C@H](Cc1ccc(N2CCOCC2)c2ccccc12)C(=O)OCc1ccccc1.O=C(OCc1ccccc1)[C@H](O)Cc1ccc(N2CCOCC2)c2ccccc12.[2H][2H].[2H][2H].[2H][2H].[2H][2H].[2H][2H].[2H][2H].[2H][2H].[2H][2H].[2H][2H].[2H][2H].[2H][2H].[2H][2H].[2H][2H].[2H][2H].[2H][2H].[2H][2H].[2H][2H].[2H][2H].[2H][2H].[2H][2H].[2H][2H].[2H][2H]. The Balaban J connectivity index is -0.0000000912. The number of esters is 3. The van der Waals surface area contributed by atoms with Crippen molar-refractivity contribution in [3.05, 3.63) is 156 Å². The van der Waals surface area contributed by atoms with Gasteiger partial charge >= 0.3 is 36.1 Å². The number of morpholine rings is 2. The van der Waals surface area contributed by atoms with Crippen molar-refractivity contribution in [3.63, 3.8) is 0 Å². The maximum atomic E-state index is 15.0. The number of likely N-dealkylation sites (N-methyl/N-ethyl adjacent to an activating group) is 2. The van der Waals surface area contributed by atoms with Crippen molar-refractivity contribution >= 4 is 69.0 Å². The van der Waals surface area contributed by atoms with Crippen molar-refractivity contribution in [1.29, 1.82) is 0 Å².